The summed E-state index contributed by atoms with van der Waals surface area (Å²) in [5, 5.41) is 5.79. The van der Waals surface area contributed by atoms with E-state index in [4.69, 9.17) is 0 Å². The summed E-state index contributed by atoms with van der Waals surface area (Å²) in [5.41, 5.74) is 4.30. The molecule has 4 amide bonds. The fourth-order valence-electron chi connectivity index (χ4n) is 5.80. The molecule has 2 saturated heterocycles. The van der Waals surface area contributed by atoms with E-state index in [0.29, 0.717) is 74.4 Å². The summed E-state index contributed by atoms with van der Waals surface area (Å²) in [6.07, 6.45) is 9.35. The van der Waals surface area contributed by atoms with E-state index in [9.17, 15) is 19.2 Å². The van der Waals surface area contributed by atoms with Gasteiger partial charge in [0.2, 0.25) is 11.8 Å². The Bertz CT molecular complexity index is 1440. The fraction of sp³-hybridized carbons (Fsp3) is 0.312. The Hall–Kier alpha value is -4.86. The van der Waals surface area contributed by atoms with Gasteiger partial charge in [0.15, 0.2) is 0 Å². The standard InChI is InChI=1S/C32H32N6O4/c39-29(15-21-13-23-17-35-27-9-3-1-7-25(27)31(41)37(23)19-21)33-11-5-6-12-34-30(40)16-22-14-24-18-36-28-10-4-2-8-26(28)32(42)38(24)20-22/h1-4,7-10,15-18,23-24H,5-6,11-14,19-20H2,(H,33,39)(H,34,40)/t23-,24-/m0/s1. The number of hydrogen-bond acceptors (Lipinski definition) is 6. The monoisotopic (exact) mass is 564 g/mol. The third-order valence-corrected chi connectivity index (χ3v) is 7.92. The number of para-hydroxylation sites is 2. The highest BCUT2D eigenvalue weighted by atomic mass is 16.2. The van der Waals surface area contributed by atoms with Crippen LogP contribution in [0.3, 0.4) is 0 Å². The van der Waals surface area contributed by atoms with Crippen LogP contribution in [0, 0.1) is 0 Å². The van der Waals surface area contributed by atoms with Crippen LogP contribution in [0.2, 0.25) is 0 Å². The number of amides is 4. The molecule has 2 fully saturated rings. The second-order valence-electron chi connectivity index (χ2n) is 10.9. The zero-order valence-electron chi connectivity index (χ0n) is 23.2. The van der Waals surface area contributed by atoms with Gasteiger partial charge < -0.3 is 20.4 Å². The maximum atomic E-state index is 13.0. The molecule has 0 spiro atoms. The molecule has 0 bridgehead atoms. The first kappa shape index (κ1) is 27.3. The van der Waals surface area contributed by atoms with Crippen molar-refractivity contribution in [1.29, 1.82) is 0 Å². The molecule has 0 aliphatic carbocycles. The van der Waals surface area contributed by atoms with E-state index < -0.39 is 0 Å². The fourth-order valence-corrected chi connectivity index (χ4v) is 5.80. The maximum absolute atomic E-state index is 13.0. The molecule has 10 heteroatoms. The van der Waals surface area contributed by atoms with Crippen molar-refractivity contribution in [3.05, 3.63) is 83.0 Å². The van der Waals surface area contributed by atoms with E-state index in [1.54, 1.807) is 46.5 Å². The summed E-state index contributed by atoms with van der Waals surface area (Å²) in [6, 6.07) is 14.3. The summed E-state index contributed by atoms with van der Waals surface area (Å²) in [4.78, 5) is 63.3. The first-order valence-corrected chi connectivity index (χ1v) is 14.3. The Morgan fingerprint density at radius 1 is 0.714 bits per heavy atom. The third kappa shape index (κ3) is 5.79. The SMILES string of the molecule is O=C(C=C1C[C@H]2C=Nc3ccccc3C(=O)N2C1)NCCCCNC(=O)C=C1C[C@H]2C=Nc3ccccc3C(=O)N2C1. The van der Waals surface area contributed by atoms with Crippen molar-refractivity contribution in [1.82, 2.24) is 20.4 Å². The second-order valence-corrected chi connectivity index (χ2v) is 10.9. The quantitative estimate of drug-likeness (QED) is 0.396. The number of benzene rings is 2. The lowest BCUT2D eigenvalue weighted by Gasteiger charge is -2.19. The minimum absolute atomic E-state index is 0.0676. The van der Waals surface area contributed by atoms with E-state index in [1.165, 1.54) is 0 Å². The number of hydrogen-bond donors (Lipinski definition) is 2. The highest BCUT2D eigenvalue weighted by Gasteiger charge is 2.35. The van der Waals surface area contributed by atoms with Crippen LogP contribution in [-0.4, -0.2) is 84.1 Å². The van der Waals surface area contributed by atoms with Crippen molar-refractivity contribution in [3.8, 4) is 0 Å². The van der Waals surface area contributed by atoms with Gasteiger partial charge in [-0.1, -0.05) is 24.3 Å². The predicted molar refractivity (Wildman–Crippen MR) is 159 cm³/mol. The zero-order chi connectivity index (χ0) is 29.1. The molecule has 0 radical (unpaired) electrons. The van der Waals surface area contributed by atoms with Gasteiger partial charge in [-0.2, -0.15) is 0 Å². The van der Waals surface area contributed by atoms with Gasteiger partial charge >= 0.3 is 0 Å². The highest BCUT2D eigenvalue weighted by Crippen LogP contribution is 2.31. The molecular formula is C32H32N6O4. The van der Waals surface area contributed by atoms with Crippen LogP contribution in [0.5, 0.6) is 0 Å². The number of rotatable bonds is 7. The van der Waals surface area contributed by atoms with Gasteiger partial charge in [-0.25, -0.2) is 0 Å². The molecule has 6 rings (SSSR count). The molecule has 0 saturated carbocycles. The van der Waals surface area contributed by atoms with Crippen molar-refractivity contribution in [2.24, 2.45) is 9.98 Å². The molecule has 4 aliphatic rings. The first-order valence-electron chi connectivity index (χ1n) is 14.3. The molecule has 4 aliphatic heterocycles. The van der Waals surface area contributed by atoms with Crippen LogP contribution in [-0.2, 0) is 9.59 Å². The minimum atomic E-state index is -0.185. The van der Waals surface area contributed by atoms with Crippen LogP contribution < -0.4 is 10.6 Å². The lowest BCUT2D eigenvalue weighted by molar-refractivity contribution is -0.117. The molecular weight excluding hydrogens is 532 g/mol. The van der Waals surface area contributed by atoms with Crippen molar-refractivity contribution in [2.45, 2.75) is 37.8 Å². The summed E-state index contributed by atoms with van der Waals surface area (Å²) in [5.74, 6) is -0.505. The average molecular weight is 565 g/mol. The van der Waals surface area contributed by atoms with E-state index in [-0.39, 0.29) is 35.7 Å². The van der Waals surface area contributed by atoms with E-state index in [0.717, 1.165) is 11.1 Å². The van der Waals surface area contributed by atoms with Crippen molar-refractivity contribution in [3.63, 3.8) is 0 Å². The molecule has 2 aromatic rings. The van der Waals surface area contributed by atoms with Crippen molar-refractivity contribution >= 4 is 47.4 Å². The second kappa shape index (κ2) is 11.9. The van der Waals surface area contributed by atoms with Gasteiger partial charge in [0.1, 0.15) is 0 Å². The zero-order valence-corrected chi connectivity index (χ0v) is 23.2. The topological polar surface area (TPSA) is 124 Å². The predicted octanol–water partition coefficient (Wildman–Crippen LogP) is 3.11. The Labute approximate surface area is 243 Å². The number of carbonyl (C=O) groups excluding carboxylic acids is 4. The van der Waals surface area contributed by atoms with Gasteiger partial charge in [-0.3, -0.25) is 29.2 Å². The smallest absolute Gasteiger partial charge is 0.256 e. The van der Waals surface area contributed by atoms with Crippen LogP contribution in [0.15, 0.2) is 81.8 Å². The van der Waals surface area contributed by atoms with Crippen LogP contribution in [0.25, 0.3) is 0 Å². The summed E-state index contributed by atoms with van der Waals surface area (Å²) < 4.78 is 0. The van der Waals surface area contributed by atoms with Gasteiger partial charge in [0, 0.05) is 50.8 Å². The summed E-state index contributed by atoms with van der Waals surface area (Å²) in [6.45, 7) is 1.79. The molecule has 2 atom stereocenters. The molecule has 10 nitrogen and oxygen atoms in total. The Kier molecular flexibility index (Phi) is 7.76. The number of nitrogens with one attached hydrogen (secondary N) is 2. The number of aliphatic imine (C=N–C) groups is 2. The average Bonchev–Trinajstić information content (AvgIpc) is 3.53. The van der Waals surface area contributed by atoms with Gasteiger partial charge in [0.25, 0.3) is 11.8 Å². The first-order chi connectivity index (χ1) is 20.5. The highest BCUT2D eigenvalue weighted by molar-refractivity contribution is 6.04. The van der Waals surface area contributed by atoms with E-state index >= 15 is 0 Å². The van der Waals surface area contributed by atoms with Crippen LogP contribution in [0.4, 0.5) is 11.4 Å². The molecule has 0 unspecified atom stereocenters. The number of fused-ring (bicyclic) bond motifs is 4. The number of unbranched alkanes of at least 4 members (excludes halogenated alkanes) is 1. The Morgan fingerprint density at radius 2 is 1.14 bits per heavy atom. The molecule has 4 heterocycles. The van der Waals surface area contributed by atoms with Gasteiger partial charge in [0.05, 0.1) is 34.6 Å². The molecule has 0 aromatic heterocycles. The van der Waals surface area contributed by atoms with E-state index in [2.05, 4.69) is 20.6 Å². The third-order valence-electron chi connectivity index (χ3n) is 7.92. The molecule has 2 N–H and O–H groups in total. The normalized spacial score (nSPS) is 22.4. The molecule has 42 heavy (non-hydrogen) atoms. The largest absolute Gasteiger partial charge is 0.353 e. The van der Waals surface area contributed by atoms with Crippen LogP contribution >= 0.6 is 0 Å². The van der Waals surface area contributed by atoms with Crippen molar-refractivity contribution < 1.29 is 19.2 Å². The number of nitrogens with zero attached hydrogens (tertiary/aromatic N) is 4. The lowest BCUT2D eigenvalue weighted by Crippen LogP contribution is -2.35. The van der Waals surface area contributed by atoms with E-state index in [1.807, 2.05) is 36.4 Å². The number of carbonyl (C=O) groups is 4. The van der Waals surface area contributed by atoms with Gasteiger partial charge in [-0.15, -0.1) is 0 Å². The lowest BCUT2D eigenvalue weighted by atomic mass is 10.1. The Morgan fingerprint density at radius 3 is 1.60 bits per heavy atom. The summed E-state index contributed by atoms with van der Waals surface area (Å²) in [7, 11) is 0. The molecule has 214 valence electrons. The minimum Gasteiger partial charge on any atom is -0.353 e. The summed E-state index contributed by atoms with van der Waals surface area (Å²) >= 11 is 0. The van der Waals surface area contributed by atoms with Gasteiger partial charge in [-0.05, 0) is 61.1 Å². The Balaban J connectivity index is 0.906. The van der Waals surface area contributed by atoms with Crippen molar-refractivity contribution in [2.75, 3.05) is 26.2 Å². The van der Waals surface area contributed by atoms with Crippen LogP contribution in [0.1, 0.15) is 46.4 Å². The maximum Gasteiger partial charge on any atom is 0.256 e. The molecule has 2 aromatic carbocycles.